The Labute approximate surface area is 110 Å². The van der Waals surface area contributed by atoms with Crippen LogP contribution in [0.15, 0.2) is 29.6 Å². The summed E-state index contributed by atoms with van der Waals surface area (Å²) in [5.41, 5.74) is 8.39. The number of hydrogen-bond donors (Lipinski definition) is 1. The molecule has 2 nitrogen and oxygen atoms in total. The van der Waals surface area contributed by atoms with Gasteiger partial charge in [-0.15, -0.1) is 11.3 Å². The molecule has 0 bridgehead atoms. The largest absolute Gasteiger partial charge is 0.398 e. The highest BCUT2D eigenvalue weighted by Crippen LogP contribution is 2.26. The average Bonchev–Trinajstić information content (AvgIpc) is 2.81. The number of hydrogen-bond acceptors (Lipinski definition) is 3. The van der Waals surface area contributed by atoms with Gasteiger partial charge in [0.15, 0.2) is 0 Å². The Bertz CT molecular complexity index is 544. The number of nitrogens with two attached hydrogens (primary N) is 1. The van der Waals surface area contributed by atoms with Crippen LogP contribution >= 0.6 is 11.3 Å². The molecular weight excluding hydrogens is 247 g/mol. The van der Waals surface area contributed by atoms with Crippen molar-refractivity contribution in [3.63, 3.8) is 0 Å². The van der Waals surface area contributed by atoms with Gasteiger partial charge in [0.25, 0.3) is 0 Å². The Morgan fingerprint density at radius 2 is 2.22 bits per heavy atom. The maximum Gasteiger partial charge on any atom is 0.129 e. The summed E-state index contributed by atoms with van der Waals surface area (Å²) >= 11 is 1.81. The van der Waals surface area contributed by atoms with Crippen molar-refractivity contribution in [1.82, 2.24) is 4.90 Å². The first-order valence-electron chi connectivity index (χ1n) is 6.04. The zero-order valence-electron chi connectivity index (χ0n) is 10.0. The third-order valence-corrected chi connectivity index (χ3v) is 4.45. The number of anilines is 1. The molecule has 3 rings (SSSR count). The third kappa shape index (κ3) is 2.13. The SMILES string of the molecule is Nc1cccc(F)c1CN1CCc2sccc2C1. The summed E-state index contributed by atoms with van der Waals surface area (Å²) in [5.74, 6) is -0.203. The van der Waals surface area contributed by atoms with E-state index in [0.29, 0.717) is 17.8 Å². The molecule has 2 heterocycles. The molecule has 1 aliphatic heterocycles. The van der Waals surface area contributed by atoms with Gasteiger partial charge in [0.1, 0.15) is 5.82 Å². The second-order valence-corrected chi connectivity index (χ2v) is 5.64. The normalized spacial score (nSPS) is 15.6. The zero-order valence-corrected chi connectivity index (χ0v) is 10.8. The fourth-order valence-corrected chi connectivity index (χ4v) is 3.30. The second-order valence-electron chi connectivity index (χ2n) is 4.64. The van der Waals surface area contributed by atoms with E-state index in [1.165, 1.54) is 16.5 Å². The van der Waals surface area contributed by atoms with Gasteiger partial charge in [-0.1, -0.05) is 6.07 Å². The summed E-state index contributed by atoms with van der Waals surface area (Å²) in [5, 5.41) is 2.13. The molecule has 0 fully saturated rings. The third-order valence-electron chi connectivity index (χ3n) is 3.42. The molecule has 94 valence electrons. The maximum absolute atomic E-state index is 13.7. The first-order valence-corrected chi connectivity index (χ1v) is 6.92. The molecule has 0 saturated heterocycles. The first-order chi connectivity index (χ1) is 8.74. The number of nitrogen functional groups attached to an aromatic ring is 1. The van der Waals surface area contributed by atoms with Crippen LogP contribution in [0.4, 0.5) is 10.1 Å². The van der Waals surface area contributed by atoms with Gasteiger partial charge >= 0.3 is 0 Å². The van der Waals surface area contributed by atoms with Crippen LogP contribution in [-0.2, 0) is 19.5 Å². The van der Waals surface area contributed by atoms with Crippen molar-refractivity contribution in [1.29, 1.82) is 0 Å². The quantitative estimate of drug-likeness (QED) is 0.843. The Morgan fingerprint density at radius 3 is 3.06 bits per heavy atom. The predicted octanol–water partition coefficient (Wildman–Crippen LogP) is 3.03. The van der Waals surface area contributed by atoms with Crippen molar-refractivity contribution in [3.8, 4) is 0 Å². The van der Waals surface area contributed by atoms with Crippen molar-refractivity contribution in [2.45, 2.75) is 19.5 Å². The average molecular weight is 262 g/mol. The van der Waals surface area contributed by atoms with E-state index in [9.17, 15) is 4.39 Å². The molecule has 2 N–H and O–H groups in total. The van der Waals surface area contributed by atoms with Crippen LogP contribution in [0.1, 0.15) is 16.0 Å². The number of rotatable bonds is 2. The summed E-state index contributed by atoms with van der Waals surface area (Å²) < 4.78 is 13.7. The van der Waals surface area contributed by atoms with Gasteiger partial charge in [0, 0.05) is 35.8 Å². The maximum atomic E-state index is 13.7. The molecule has 0 radical (unpaired) electrons. The van der Waals surface area contributed by atoms with Crippen molar-refractivity contribution < 1.29 is 4.39 Å². The second kappa shape index (κ2) is 4.71. The lowest BCUT2D eigenvalue weighted by Crippen LogP contribution is -2.29. The van der Waals surface area contributed by atoms with Crippen molar-refractivity contribution in [2.24, 2.45) is 0 Å². The Morgan fingerprint density at radius 1 is 1.33 bits per heavy atom. The molecule has 1 aliphatic rings. The first kappa shape index (κ1) is 11.7. The fraction of sp³-hybridized carbons (Fsp3) is 0.286. The molecule has 0 unspecified atom stereocenters. The number of nitrogens with zero attached hydrogens (tertiary/aromatic N) is 1. The fourth-order valence-electron chi connectivity index (χ4n) is 2.41. The van der Waals surface area contributed by atoms with Crippen LogP contribution in [0, 0.1) is 5.82 Å². The minimum atomic E-state index is -0.203. The molecule has 1 aromatic carbocycles. The molecule has 2 aromatic rings. The van der Waals surface area contributed by atoms with Gasteiger partial charge in [-0.2, -0.15) is 0 Å². The van der Waals surface area contributed by atoms with E-state index in [2.05, 4.69) is 16.3 Å². The van der Waals surface area contributed by atoms with Crippen molar-refractivity contribution >= 4 is 17.0 Å². The topological polar surface area (TPSA) is 29.3 Å². The Kier molecular flexibility index (Phi) is 3.06. The summed E-state index contributed by atoms with van der Waals surface area (Å²) in [6.07, 6.45) is 1.06. The molecule has 0 amide bonds. The smallest absolute Gasteiger partial charge is 0.129 e. The van der Waals surface area contributed by atoms with E-state index >= 15 is 0 Å². The minimum absolute atomic E-state index is 0.203. The summed E-state index contributed by atoms with van der Waals surface area (Å²) in [6.45, 7) is 2.46. The highest BCUT2D eigenvalue weighted by atomic mass is 32.1. The highest BCUT2D eigenvalue weighted by Gasteiger charge is 2.19. The Balaban J connectivity index is 1.79. The number of thiophene rings is 1. The van der Waals surface area contributed by atoms with Crippen LogP contribution in [0.25, 0.3) is 0 Å². The van der Waals surface area contributed by atoms with Crippen LogP contribution in [0.2, 0.25) is 0 Å². The van der Waals surface area contributed by atoms with Gasteiger partial charge in [-0.05, 0) is 35.6 Å². The summed E-state index contributed by atoms with van der Waals surface area (Å²) in [6, 6.07) is 7.06. The van der Waals surface area contributed by atoms with Crippen LogP contribution < -0.4 is 5.73 Å². The van der Waals surface area contributed by atoms with Crippen LogP contribution in [0.3, 0.4) is 0 Å². The number of fused-ring (bicyclic) bond motifs is 1. The molecular formula is C14H15FN2S. The van der Waals surface area contributed by atoms with E-state index < -0.39 is 0 Å². The van der Waals surface area contributed by atoms with Gasteiger partial charge in [0.2, 0.25) is 0 Å². The Hall–Kier alpha value is -1.39. The zero-order chi connectivity index (χ0) is 12.5. The van der Waals surface area contributed by atoms with E-state index in [-0.39, 0.29) is 5.82 Å². The molecule has 0 spiro atoms. The minimum Gasteiger partial charge on any atom is -0.398 e. The van der Waals surface area contributed by atoms with E-state index in [1.54, 1.807) is 12.1 Å². The summed E-state index contributed by atoms with van der Waals surface area (Å²) in [7, 11) is 0. The lowest BCUT2D eigenvalue weighted by Gasteiger charge is -2.27. The standard InChI is InChI=1S/C14H15FN2S/c15-12-2-1-3-13(16)11(12)9-17-6-4-14-10(8-17)5-7-18-14/h1-3,5,7H,4,6,8-9,16H2. The van der Waals surface area contributed by atoms with Gasteiger partial charge < -0.3 is 5.73 Å². The predicted molar refractivity (Wildman–Crippen MR) is 72.9 cm³/mol. The van der Waals surface area contributed by atoms with E-state index in [1.807, 2.05) is 11.3 Å². The van der Waals surface area contributed by atoms with Crippen molar-refractivity contribution in [2.75, 3.05) is 12.3 Å². The van der Waals surface area contributed by atoms with Crippen molar-refractivity contribution in [3.05, 3.63) is 51.5 Å². The van der Waals surface area contributed by atoms with Gasteiger partial charge in [-0.3, -0.25) is 4.90 Å². The monoisotopic (exact) mass is 262 g/mol. The van der Waals surface area contributed by atoms with Gasteiger partial charge in [0.05, 0.1) is 0 Å². The molecule has 0 saturated carbocycles. The lowest BCUT2D eigenvalue weighted by atomic mass is 10.1. The van der Waals surface area contributed by atoms with E-state index in [0.717, 1.165) is 19.5 Å². The molecule has 1 aromatic heterocycles. The van der Waals surface area contributed by atoms with Crippen LogP contribution in [0.5, 0.6) is 0 Å². The van der Waals surface area contributed by atoms with Crippen LogP contribution in [-0.4, -0.2) is 11.4 Å². The van der Waals surface area contributed by atoms with E-state index in [4.69, 9.17) is 5.73 Å². The molecule has 0 atom stereocenters. The highest BCUT2D eigenvalue weighted by molar-refractivity contribution is 7.10. The molecule has 18 heavy (non-hydrogen) atoms. The number of benzene rings is 1. The number of halogens is 1. The summed E-state index contributed by atoms with van der Waals surface area (Å²) in [4.78, 5) is 3.72. The lowest BCUT2D eigenvalue weighted by molar-refractivity contribution is 0.244. The molecule has 0 aliphatic carbocycles. The van der Waals surface area contributed by atoms with Gasteiger partial charge in [-0.25, -0.2) is 4.39 Å². The molecule has 4 heteroatoms.